The summed E-state index contributed by atoms with van der Waals surface area (Å²) in [5.74, 6) is 0.936. The van der Waals surface area contributed by atoms with Crippen LogP contribution in [0.25, 0.3) is 0 Å². The van der Waals surface area contributed by atoms with Crippen molar-refractivity contribution in [3.05, 3.63) is 24.0 Å². The van der Waals surface area contributed by atoms with Crippen molar-refractivity contribution < 1.29 is 4.43 Å². The molecule has 1 aliphatic carbocycles. The molecule has 0 saturated carbocycles. The minimum atomic E-state index is -1.69. The monoisotopic (exact) mass is 238 g/mol. The summed E-state index contributed by atoms with van der Waals surface area (Å²) < 4.78 is 6.22. The lowest BCUT2D eigenvalue weighted by molar-refractivity contribution is 0.389. The molecular formula is C14H26OSi. The van der Waals surface area contributed by atoms with E-state index in [1.165, 1.54) is 24.8 Å². The molecule has 0 bridgehead atoms. The topological polar surface area (TPSA) is 9.23 Å². The van der Waals surface area contributed by atoms with Crippen molar-refractivity contribution >= 4 is 8.32 Å². The van der Waals surface area contributed by atoms with E-state index in [9.17, 15) is 0 Å². The Morgan fingerprint density at radius 2 is 1.94 bits per heavy atom. The molecule has 0 amide bonds. The van der Waals surface area contributed by atoms with Crippen LogP contribution in [0.5, 0.6) is 0 Å². The van der Waals surface area contributed by atoms with Crippen LogP contribution in [0.1, 0.15) is 46.5 Å². The third-order valence-corrected chi connectivity index (χ3v) is 8.20. The van der Waals surface area contributed by atoms with Crippen LogP contribution in [0, 0.1) is 0 Å². The van der Waals surface area contributed by atoms with Gasteiger partial charge in [0.05, 0.1) is 5.76 Å². The van der Waals surface area contributed by atoms with Crippen LogP contribution >= 0.6 is 0 Å². The Bertz CT molecular complexity index is 294. The van der Waals surface area contributed by atoms with Crippen molar-refractivity contribution in [3.63, 3.8) is 0 Å². The molecule has 1 rings (SSSR count). The molecule has 2 heteroatoms. The highest BCUT2D eigenvalue weighted by Crippen LogP contribution is 2.39. The summed E-state index contributed by atoms with van der Waals surface area (Å²) >= 11 is 0. The number of hydrogen-bond acceptors (Lipinski definition) is 1. The summed E-state index contributed by atoms with van der Waals surface area (Å²) in [5, 5.41) is 0.255. The minimum Gasteiger partial charge on any atom is -0.544 e. The summed E-state index contributed by atoms with van der Waals surface area (Å²) in [7, 11) is -1.69. The van der Waals surface area contributed by atoms with Crippen LogP contribution in [-0.2, 0) is 4.43 Å². The van der Waals surface area contributed by atoms with Gasteiger partial charge in [-0.15, -0.1) is 0 Å². The van der Waals surface area contributed by atoms with Crippen LogP contribution in [0.3, 0.4) is 0 Å². The lowest BCUT2D eigenvalue weighted by atomic mass is 9.99. The molecular weight excluding hydrogens is 212 g/mol. The number of rotatable bonds is 3. The van der Waals surface area contributed by atoms with Crippen molar-refractivity contribution in [2.75, 3.05) is 0 Å². The Hall–Kier alpha value is -0.503. The van der Waals surface area contributed by atoms with Gasteiger partial charge in [0, 0.05) is 0 Å². The van der Waals surface area contributed by atoms with E-state index in [4.69, 9.17) is 4.43 Å². The van der Waals surface area contributed by atoms with Crippen molar-refractivity contribution in [1.29, 1.82) is 0 Å². The normalized spacial score (nSPS) is 17.9. The van der Waals surface area contributed by atoms with Gasteiger partial charge in [-0.05, 0) is 49.4 Å². The molecule has 1 aliphatic rings. The van der Waals surface area contributed by atoms with Gasteiger partial charge in [-0.3, -0.25) is 0 Å². The molecule has 0 aromatic carbocycles. The fraction of sp³-hybridized carbons (Fsp3) is 0.714. The van der Waals surface area contributed by atoms with Gasteiger partial charge in [-0.2, -0.15) is 0 Å². The second-order valence-corrected chi connectivity index (χ2v) is 11.0. The van der Waals surface area contributed by atoms with Gasteiger partial charge >= 0.3 is 0 Å². The molecule has 0 radical (unpaired) electrons. The standard InChI is InChI=1S/C14H26OSi/c1-12(13-10-8-7-9-11-13)15-16(5,6)14(2,3)4/h10H,1,7-9,11H2,2-6H3. The van der Waals surface area contributed by atoms with Crippen LogP contribution < -0.4 is 0 Å². The van der Waals surface area contributed by atoms with Gasteiger partial charge in [-0.1, -0.05) is 33.4 Å². The molecule has 0 aliphatic heterocycles. The first-order valence-electron chi connectivity index (χ1n) is 6.31. The van der Waals surface area contributed by atoms with Crippen molar-refractivity contribution in [2.24, 2.45) is 0 Å². The highest BCUT2D eigenvalue weighted by atomic mass is 28.4. The lowest BCUT2D eigenvalue weighted by Gasteiger charge is -2.37. The summed E-state index contributed by atoms with van der Waals surface area (Å²) in [6.07, 6.45) is 7.24. The van der Waals surface area contributed by atoms with E-state index in [1.54, 1.807) is 0 Å². The third kappa shape index (κ3) is 3.24. The molecule has 0 fully saturated rings. The van der Waals surface area contributed by atoms with Crippen molar-refractivity contribution in [1.82, 2.24) is 0 Å². The van der Waals surface area contributed by atoms with Gasteiger partial charge in [0.15, 0.2) is 0 Å². The zero-order valence-corrected chi connectivity index (χ0v) is 12.5. The second-order valence-electron chi connectivity index (χ2n) is 6.26. The molecule has 0 atom stereocenters. The predicted molar refractivity (Wildman–Crippen MR) is 74.0 cm³/mol. The fourth-order valence-electron chi connectivity index (χ4n) is 1.62. The summed E-state index contributed by atoms with van der Waals surface area (Å²) in [4.78, 5) is 0. The SMILES string of the molecule is C=C(O[Si](C)(C)C(C)(C)C)C1=CCCCC1. The van der Waals surface area contributed by atoms with Crippen molar-refractivity contribution in [3.8, 4) is 0 Å². The second kappa shape index (κ2) is 4.78. The smallest absolute Gasteiger partial charge is 0.250 e. The van der Waals surface area contributed by atoms with E-state index < -0.39 is 8.32 Å². The van der Waals surface area contributed by atoms with E-state index in [0.29, 0.717) is 0 Å². The van der Waals surface area contributed by atoms with Gasteiger partial charge < -0.3 is 4.43 Å². The average molecular weight is 238 g/mol. The number of hydrogen-bond donors (Lipinski definition) is 0. The maximum atomic E-state index is 6.22. The Kier molecular flexibility index (Phi) is 4.05. The Morgan fingerprint density at radius 1 is 1.31 bits per heavy atom. The lowest BCUT2D eigenvalue weighted by Crippen LogP contribution is -2.40. The van der Waals surface area contributed by atoms with E-state index in [0.717, 1.165) is 12.2 Å². The van der Waals surface area contributed by atoms with Gasteiger partial charge in [0.1, 0.15) is 0 Å². The van der Waals surface area contributed by atoms with E-state index in [1.807, 2.05) is 0 Å². The average Bonchev–Trinajstić information content (AvgIpc) is 2.16. The Labute approximate surface area is 102 Å². The first-order chi connectivity index (χ1) is 7.24. The van der Waals surface area contributed by atoms with Crippen LogP contribution in [0.4, 0.5) is 0 Å². The quantitative estimate of drug-likeness (QED) is 0.495. The van der Waals surface area contributed by atoms with Gasteiger partial charge in [0.2, 0.25) is 8.32 Å². The maximum absolute atomic E-state index is 6.22. The van der Waals surface area contributed by atoms with Crippen LogP contribution in [0.2, 0.25) is 18.1 Å². The fourth-order valence-corrected chi connectivity index (χ4v) is 2.67. The van der Waals surface area contributed by atoms with Crippen molar-refractivity contribution in [2.45, 2.75) is 64.6 Å². The van der Waals surface area contributed by atoms with Crippen LogP contribution in [0.15, 0.2) is 24.0 Å². The molecule has 0 spiro atoms. The molecule has 0 aromatic rings. The third-order valence-electron chi connectivity index (χ3n) is 3.83. The zero-order valence-electron chi connectivity index (χ0n) is 11.5. The van der Waals surface area contributed by atoms with Crippen LogP contribution in [-0.4, -0.2) is 8.32 Å². The molecule has 0 aromatic heterocycles. The van der Waals surface area contributed by atoms with E-state index >= 15 is 0 Å². The highest BCUT2D eigenvalue weighted by Gasteiger charge is 2.39. The van der Waals surface area contributed by atoms with Gasteiger partial charge in [-0.25, -0.2) is 0 Å². The maximum Gasteiger partial charge on any atom is 0.250 e. The Balaban J connectivity index is 2.67. The van der Waals surface area contributed by atoms with E-state index in [2.05, 4.69) is 46.5 Å². The molecule has 16 heavy (non-hydrogen) atoms. The highest BCUT2D eigenvalue weighted by molar-refractivity contribution is 6.74. The molecule has 0 saturated heterocycles. The predicted octanol–water partition coefficient (Wildman–Crippen LogP) is 5.02. The summed E-state index contributed by atoms with van der Waals surface area (Å²) in [6, 6.07) is 0. The molecule has 92 valence electrons. The molecule has 1 nitrogen and oxygen atoms in total. The molecule has 0 unspecified atom stereocenters. The molecule has 0 heterocycles. The largest absolute Gasteiger partial charge is 0.544 e. The van der Waals surface area contributed by atoms with Gasteiger partial charge in [0.25, 0.3) is 0 Å². The minimum absolute atomic E-state index is 0.255. The molecule has 0 N–H and O–H groups in total. The van der Waals surface area contributed by atoms with E-state index in [-0.39, 0.29) is 5.04 Å². The first-order valence-corrected chi connectivity index (χ1v) is 9.22. The Morgan fingerprint density at radius 3 is 2.38 bits per heavy atom. The zero-order chi connectivity index (χ0) is 12.4. The number of allylic oxidation sites excluding steroid dienone is 2. The summed E-state index contributed by atoms with van der Waals surface area (Å²) in [5.41, 5.74) is 1.34. The summed E-state index contributed by atoms with van der Waals surface area (Å²) in [6.45, 7) is 15.5. The first kappa shape index (κ1) is 13.6.